The van der Waals surface area contributed by atoms with Crippen molar-refractivity contribution in [3.05, 3.63) is 0 Å². The van der Waals surface area contributed by atoms with Gasteiger partial charge in [0.05, 0.1) is 0 Å². The monoisotopic (exact) mass is 129 g/mol. The van der Waals surface area contributed by atoms with Crippen molar-refractivity contribution in [1.82, 2.24) is 0 Å². The van der Waals surface area contributed by atoms with Crippen molar-refractivity contribution in [2.45, 2.75) is 52.0 Å². The van der Waals surface area contributed by atoms with Crippen molar-refractivity contribution in [3.8, 4) is 0 Å². The minimum atomic E-state index is 0.468. The topological polar surface area (TPSA) is 26.0 Å². The normalized spacial score (nSPS) is 13.7. The van der Waals surface area contributed by atoms with Crippen molar-refractivity contribution in [2.24, 2.45) is 5.73 Å². The van der Waals surface area contributed by atoms with Crippen LogP contribution in [-0.2, 0) is 0 Å². The molecule has 0 bridgehead atoms. The zero-order valence-electron chi connectivity index (χ0n) is 6.69. The molecule has 9 heavy (non-hydrogen) atoms. The Bertz CT molecular complexity index is 52.5. The number of rotatable bonds is 5. The molecule has 0 aliphatic heterocycles. The predicted molar refractivity (Wildman–Crippen MR) is 42.4 cm³/mol. The second-order valence-corrected chi connectivity index (χ2v) is 2.69. The summed E-state index contributed by atoms with van der Waals surface area (Å²) in [5.41, 5.74) is 5.77. The fourth-order valence-corrected chi connectivity index (χ4v) is 0.981. The predicted octanol–water partition coefficient (Wildman–Crippen LogP) is 2.30. The lowest BCUT2D eigenvalue weighted by Gasteiger charge is -2.07. The van der Waals surface area contributed by atoms with E-state index in [0.717, 1.165) is 0 Å². The third kappa shape index (κ3) is 5.84. The Hall–Kier alpha value is -0.0400. The van der Waals surface area contributed by atoms with Crippen LogP contribution in [0.2, 0.25) is 0 Å². The quantitative estimate of drug-likeness (QED) is 0.605. The van der Waals surface area contributed by atoms with Gasteiger partial charge in [-0.05, 0) is 12.8 Å². The van der Waals surface area contributed by atoms with Crippen LogP contribution in [0.1, 0.15) is 46.0 Å². The molecular weight excluding hydrogens is 110 g/mol. The highest BCUT2D eigenvalue weighted by Crippen LogP contribution is 2.02. The van der Waals surface area contributed by atoms with Crippen molar-refractivity contribution >= 4 is 0 Å². The van der Waals surface area contributed by atoms with Gasteiger partial charge in [0, 0.05) is 6.04 Å². The molecule has 1 nitrogen and oxygen atoms in total. The smallest absolute Gasteiger partial charge is 0.00387 e. The fourth-order valence-electron chi connectivity index (χ4n) is 0.981. The van der Waals surface area contributed by atoms with Gasteiger partial charge in [0.25, 0.3) is 0 Å². The van der Waals surface area contributed by atoms with Gasteiger partial charge >= 0.3 is 0 Å². The first-order chi connectivity index (χ1) is 4.31. The molecule has 0 aromatic heterocycles. The Morgan fingerprint density at radius 2 is 1.78 bits per heavy atom. The van der Waals surface area contributed by atoms with Gasteiger partial charge in [0.2, 0.25) is 0 Å². The molecule has 0 rings (SSSR count). The molecule has 2 N–H and O–H groups in total. The first-order valence-corrected chi connectivity index (χ1v) is 4.06. The standard InChI is InChI=1S/C8H19N/c1-3-5-7-8(9)6-4-2/h8H,3-7,9H2,1-2H3/t8-/m0/s1. The van der Waals surface area contributed by atoms with E-state index >= 15 is 0 Å². The van der Waals surface area contributed by atoms with Crippen molar-refractivity contribution in [3.63, 3.8) is 0 Å². The van der Waals surface area contributed by atoms with Gasteiger partial charge in [-0.15, -0.1) is 0 Å². The lowest BCUT2D eigenvalue weighted by atomic mass is 10.1. The van der Waals surface area contributed by atoms with Crippen molar-refractivity contribution in [2.75, 3.05) is 0 Å². The third-order valence-electron chi connectivity index (χ3n) is 1.59. The first-order valence-electron chi connectivity index (χ1n) is 4.06. The minimum Gasteiger partial charge on any atom is -0.328 e. The van der Waals surface area contributed by atoms with E-state index in [9.17, 15) is 0 Å². The molecule has 0 heterocycles. The zero-order chi connectivity index (χ0) is 7.11. The number of nitrogens with two attached hydrogens (primary N) is 1. The van der Waals surface area contributed by atoms with Gasteiger partial charge < -0.3 is 5.73 Å². The Labute approximate surface area is 58.6 Å². The third-order valence-corrected chi connectivity index (χ3v) is 1.59. The van der Waals surface area contributed by atoms with Gasteiger partial charge in [0.15, 0.2) is 0 Å². The molecule has 1 heteroatoms. The summed E-state index contributed by atoms with van der Waals surface area (Å²) >= 11 is 0. The first kappa shape index (κ1) is 8.96. The van der Waals surface area contributed by atoms with E-state index in [1.165, 1.54) is 32.1 Å². The molecular formula is C8H19N. The maximum Gasteiger partial charge on any atom is 0.00387 e. The molecule has 0 radical (unpaired) electrons. The van der Waals surface area contributed by atoms with E-state index < -0.39 is 0 Å². The minimum absolute atomic E-state index is 0.468. The highest BCUT2D eigenvalue weighted by Gasteiger charge is 1.97. The van der Waals surface area contributed by atoms with Crippen LogP contribution in [-0.4, -0.2) is 6.04 Å². The van der Waals surface area contributed by atoms with Gasteiger partial charge in [-0.1, -0.05) is 33.1 Å². The molecule has 0 aliphatic carbocycles. The number of hydrogen-bond acceptors (Lipinski definition) is 1. The van der Waals surface area contributed by atoms with Crippen molar-refractivity contribution in [1.29, 1.82) is 0 Å². The number of hydrogen-bond donors (Lipinski definition) is 1. The van der Waals surface area contributed by atoms with E-state index in [1.54, 1.807) is 0 Å². The maximum absolute atomic E-state index is 5.77. The highest BCUT2D eigenvalue weighted by molar-refractivity contribution is 4.58. The Morgan fingerprint density at radius 3 is 2.22 bits per heavy atom. The average Bonchev–Trinajstić information content (AvgIpc) is 1.85. The largest absolute Gasteiger partial charge is 0.328 e. The van der Waals surface area contributed by atoms with E-state index in [4.69, 9.17) is 5.73 Å². The fraction of sp³-hybridized carbons (Fsp3) is 1.00. The van der Waals surface area contributed by atoms with Gasteiger partial charge in [-0.3, -0.25) is 0 Å². The van der Waals surface area contributed by atoms with Crippen LogP contribution < -0.4 is 5.73 Å². The second kappa shape index (κ2) is 6.09. The van der Waals surface area contributed by atoms with Gasteiger partial charge in [-0.2, -0.15) is 0 Å². The lowest BCUT2D eigenvalue weighted by molar-refractivity contribution is 0.535. The summed E-state index contributed by atoms with van der Waals surface area (Å²) in [6.07, 6.45) is 6.20. The Kier molecular flexibility index (Phi) is 6.06. The molecule has 1 atom stereocenters. The van der Waals surface area contributed by atoms with E-state index in [1.807, 2.05) is 0 Å². The molecule has 0 aliphatic rings. The zero-order valence-corrected chi connectivity index (χ0v) is 6.69. The Morgan fingerprint density at radius 1 is 1.11 bits per heavy atom. The van der Waals surface area contributed by atoms with Gasteiger partial charge in [-0.25, -0.2) is 0 Å². The van der Waals surface area contributed by atoms with Crippen LogP contribution in [0.3, 0.4) is 0 Å². The summed E-state index contributed by atoms with van der Waals surface area (Å²) in [5.74, 6) is 0. The van der Waals surface area contributed by atoms with Crippen LogP contribution in [0.25, 0.3) is 0 Å². The Balaban J connectivity index is 2.95. The molecule has 0 saturated heterocycles. The summed E-state index contributed by atoms with van der Waals surface area (Å²) in [5, 5.41) is 0. The van der Waals surface area contributed by atoms with Crippen LogP contribution in [0, 0.1) is 0 Å². The molecule has 56 valence electrons. The number of unbranched alkanes of at least 4 members (excludes halogenated alkanes) is 1. The van der Waals surface area contributed by atoms with Crippen LogP contribution in [0.4, 0.5) is 0 Å². The van der Waals surface area contributed by atoms with Crippen LogP contribution in [0.5, 0.6) is 0 Å². The molecule has 0 fully saturated rings. The lowest BCUT2D eigenvalue weighted by Crippen LogP contribution is -2.18. The summed E-state index contributed by atoms with van der Waals surface area (Å²) in [6, 6.07) is 0.468. The summed E-state index contributed by atoms with van der Waals surface area (Å²) in [7, 11) is 0. The van der Waals surface area contributed by atoms with Crippen LogP contribution in [0.15, 0.2) is 0 Å². The average molecular weight is 129 g/mol. The summed E-state index contributed by atoms with van der Waals surface area (Å²) < 4.78 is 0. The SMILES string of the molecule is CCCC[C@@H](N)CCC. The molecule has 0 saturated carbocycles. The molecule has 0 aromatic carbocycles. The highest BCUT2D eigenvalue weighted by atomic mass is 14.6. The van der Waals surface area contributed by atoms with Gasteiger partial charge in [0.1, 0.15) is 0 Å². The molecule has 0 aromatic rings. The molecule has 0 spiro atoms. The van der Waals surface area contributed by atoms with Crippen LogP contribution >= 0.6 is 0 Å². The van der Waals surface area contributed by atoms with E-state index in [2.05, 4.69) is 13.8 Å². The molecule has 0 unspecified atom stereocenters. The molecule has 0 amide bonds. The second-order valence-electron chi connectivity index (χ2n) is 2.69. The van der Waals surface area contributed by atoms with Crippen molar-refractivity contribution < 1.29 is 0 Å². The van der Waals surface area contributed by atoms with E-state index in [0.29, 0.717) is 6.04 Å². The maximum atomic E-state index is 5.77. The van der Waals surface area contributed by atoms with E-state index in [-0.39, 0.29) is 0 Å². The summed E-state index contributed by atoms with van der Waals surface area (Å²) in [4.78, 5) is 0. The summed E-state index contributed by atoms with van der Waals surface area (Å²) in [6.45, 7) is 4.39.